The van der Waals surface area contributed by atoms with Gasteiger partial charge in [-0.1, -0.05) is 0 Å². The quantitative estimate of drug-likeness (QED) is 0.297. The average molecular weight is 496 g/mol. The molecule has 0 amide bonds. The van der Waals surface area contributed by atoms with Crippen LogP contribution in [0.3, 0.4) is 0 Å². The fourth-order valence-corrected chi connectivity index (χ4v) is 3.82. The summed E-state index contributed by atoms with van der Waals surface area (Å²) in [6.07, 6.45) is 5.32. The van der Waals surface area contributed by atoms with Crippen molar-refractivity contribution in [1.82, 2.24) is 15.1 Å². The highest BCUT2D eigenvalue weighted by atomic mass is 127. The van der Waals surface area contributed by atoms with Gasteiger partial charge in [0.05, 0.1) is 25.9 Å². The number of nitrogens with zero attached hydrogens (tertiary/aromatic N) is 3. The van der Waals surface area contributed by atoms with Crippen LogP contribution in [-0.4, -0.2) is 100 Å². The van der Waals surface area contributed by atoms with E-state index in [9.17, 15) is 0 Å². The zero-order valence-corrected chi connectivity index (χ0v) is 19.2. The molecule has 3 fully saturated rings. The molecule has 0 aromatic carbocycles. The van der Waals surface area contributed by atoms with Crippen LogP contribution in [-0.2, 0) is 14.2 Å². The Kier molecular flexibility index (Phi) is 10.6. The van der Waals surface area contributed by atoms with Crippen LogP contribution in [0.4, 0.5) is 0 Å². The van der Waals surface area contributed by atoms with Gasteiger partial charge in [0.15, 0.2) is 5.96 Å². The Hall–Kier alpha value is -0.160. The number of ether oxygens (including phenoxy) is 3. The lowest BCUT2D eigenvalue weighted by molar-refractivity contribution is -0.0817. The van der Waals surface area contributed by atoms with Crippen molar-refractivity contribution in [3.8, 4) is 0 Å². The van der Waals surface area contributed by atoms with E-state index in [2.05, 4.69) is 22.0 Å². The molecule has 2 saturated heterocycles. The molecule has 27 heavy (non-hydrogen) atoms. The van der Waals surface area contributed by atoms with Crippen molar-refractivity contribution in [2.45, 2.75) is 50.9 Å². The van der Waals surface area contributed by atoms with Gasteiger partial charge >= 0.3 is 0 Å². The largest absolute Gasteiger partial charge is 0.383 e. The summed E-state index contributed by atoms with van der Waals surface area (Å²) < 4.78 is 17.1. The third-order valence-corrected chi connectivity index (χ3v) is 5.40. The van der Waals surface area contributed by atoms with Crippen LogP contribution in [0.2, 0.25) is 0 Å². The minimum atomic E-state index is 0. The monoisotopic (exact) mass is 496 g/mol. The first-order valence-electron chi connectivity index (χ1n) is 10.3. The number of methoxy groups -OCH3 is 1. The maximum absolute atomic E-state index is 5.98. The number of rotatable bonds is 9. The van der Waals surface area contributed by atoms with Crippen LogP contribution in [0.25, 0.3) is 0 Å². The van der Waals surface area contributed by atoms with Crippen molar-refractivity contribution in [1.29, 1.82) is 0 Å². The number of hydrogen-bond acceptors (Lipinski definition) is 5. The van der Waals surface area contributed by atoms with Crippen molar-refractivity contribution in [3.05, 3.63) is 0 Å². The molecule has 1 aliphatic carbocycles. The minimum absolute atomic E-state index is 0. The van der Waals surface area contributed by atoms with Gasteiger partial charge in [-0.15, -0.1) is 24.0 Å². The topological polar surface area (TPSA) is 58.6 Å². The number of nitrogens with one attached hydrogen (secondary N) is 1. The molecule has 8 heteroatoms. The van der Waals surface area contributed by atoms with E-state index in [0.717, 1.165) is 83.9 Å². The summed E-state index contributed by atoms with van der Waals surface area (Å²) in [6.45, 7) is 10.0. The highest BCUT2D eigenvalue weighted by Gasteiger charge is 2.32. The highest BCUT2D eigenvalue weighted by molar-refractivity contribution is 14.0. The number of halogens is 1. The third-order valence-electron chi connectivity index (χ3n) is 5.40. The first kappa shape index (κ1) is 23.1. The van der Waals surface area contributed by atoms with Crippen LogP contribution in [0, 0.1) is 0 Å². The number of hydrogen-bond donors (Lipinski definition) is 1. The van der Waals surface area contributed by atoms with Gasteiger partial charge in [-0.2, -0.15) is 0 Å². The van der Waals surface area contributed by atoms with Crippen molar-refractivity contribution in [2.75, 3.05) is 66.2 Å². The molecule has 7 nitrogen and oxygen atoms in total. The second-order valence-corrected chi connectivity index (χ2v) is 7.40. The van der Waals surface area contributed by atoms with Gasteiger partial charge in [-0.25, -0.2) is 0 Å². The Morgan fingerprint density at radius 2 is 2.00 bits per heavy atom. The summed E-state index contributed by atoms with van der Waals surface area (Å²) >= 11 is 0. The molecule has 3 rings (SSSR count). The Bertz CT molecular complexity index is 445. The summed E-state index contributed by atoms with van der Waals surface area (Å²) in [4.78, 5) is 9.77. The summed E-state index contributed by atoms with van der Waals surface area (Å²) in [6, 6.07) is 0.746. The Morgan fingerprint density at radius 3 is 2.67 bits per heavy atom. The average Bonchev–Trinajstić information content (AvgIpc) is 3.36. The molecule has 0 aromatic rings. The van der Waals surface area contributed by atoms with E-state index in [4.69, 9.17) is 19.2 Å². The van der Waals surface area contributed by atoms with Crippen LogP contribution in [0.1, 0.15) is 32.6 Å². The summed E-state index contributed by atoms with van der Waals surface area (Å²) in [7, 11) is 1.77. The second kappa shape index (κ2) is 12.4. The van der Waals surface area contributed by atoms with Crippen molar-refractivity contribution < 1.29 is 14.2 Å². The molecule has 1 saturated carbocycles. The first-order valence-corrected chi connectivity index (χ1v) is 10.3. The van der Waals surface area contributed by atoms with Gasteiger partial charge in [0.1, 0.15) is 6.10 Å². The van der Waals surface area contributed by atoms with Gasteiger partial charge in [-0.05, 0) is 32.6 Å². The van der Waals surface area contributed by atoms with E-state index < -0.39 is 0 Å². The molecule has 0 spiro atoms. The Labute approximate surface area is 181 Å². The molecule has 0 bridgehead atoms. The van der Waals surface area contributed by atoms with Crippen molar-refractivity contribution in [2.24, 2.45) is 4.99 Å². The number of guanidine groups is 1. The lowest BCUT2D eigenvalue weighted by Gasteiger charge is -2.37. The molecular formula is C19H37IN4O3. The fourth-order valence-electron chi connectivity index (χ4n) is 3.82. The van der Waals surface area contributed by atoms with Crippen molar-refractivity contribution >= 4 is 29.9 Å². The van der Waals surface area contributed by atoms with Crippen LogP contribution in [0.5, 0.6) is 0 Å². The predicted molar refractivity (Wildman–Crippen MR) is 118 cm³/mol. The standard InChI is InChI=1S/C19H36N4O3.HI/c1-3-20-19(21-8-9-22(10-13-24-2)16-6-7-16)23-11-14-26-18(15-23)17-5-4-12-25-17;/h16-18H,3-15H2,1-2H3,(H,20,21);1H. The maximum Gasteiger partial charge on any atom is 0.194 e. The maximum atomic E-state index is 5.98. The molecule has 2 aliphatic heterocycles. The SMILES string of the molecule is CCNC(=NCCN(CCOC)C1CC1)N1CCOC(C2CCCO2)C1.I. The fraction of sp³-hybridized carbons (Fsp3) is 0.947. The van der Waals surface area contributed by atoms with Gasteiger partial charge in [0.25, 0.3) is 0 Å². The summed E-state index contributed by atoms with van der Waals surface area (Å²) in [5, 5.41) is 3.46. The number of morpholine rings is 1. The molecule has 2 heterocycles. The lowest BCUT2D eigenvalue weighted by Crippen LogP contribution is -2.53. The molecule has 158 valence electrons. The van der Waals surface area contributed by atoms with Crippen molar-refractivity contribution in [3.63, 3.8) is 0 Å². The Balaban J connectivity index is 0.00000261. The molecular weight excluding hydrogens is 459 g/mol. The van der Waals surface area contributed by atoms with E-state index in [-0.39, 0.29) is 36.2 Å². The minimum Gasteiger partial charge on any atom is -0.383 e. The van der Waals surface area contributed by atoms with E-state index in [1.807, 2.05) is 0 Å². The molecule has 3 aliphatic rings. The normalized spacial score (nSPS) is 26.3. The van der Waals surface area contributed by atoms with E-state index in [1.54, 1.807) is 7.11 Å². The zero-order valence-electron chi connectivity index (χ0n) is 16.9. The van der Waals surface area contributed by atoms with Gasteiger partial charge in [0, 0.05) is 52.5 Å². The Morgan fingerprint density at radius 1 is 1.19 bits per heavy atom. The predicted octanol–water partition coefficient (Wildman–Crippen LogP) is 1.56. The van der Waals surface area contributed by atoms with Gasteiger partial charge < -0.3 is 24.4 Å². The second-order valence-electron chi connectivity index (χ2n) is 7.40. The first-order chi connectivity index (χ1) is 12.8. The van der Waals surface area contributed by atoms with Gasteiger partial charge in [-0.3, -0.25) is 9.89 Å². The molecule has 0 radical (unpaired) electrons. The summed E-state index contributed by atoms with van der Waals surface area (Å²) in [5.41, 5.74) is 0. The van der Waals surface area contributed by atoms with Crippen LogP contribution in [0.15, 0.2) is 4.99 Å². The van der Waals surface area contributed by atoms with Gasteiger partial charge in [0.2, 0.25) is 0 Å². The third kappa shape index (κ3) is 7.30. The van der Waals surface area contributed by atoms with Crippen LogP contribution >= 0.6 is 24.0 Å². The van der Waals surface area contributed by atoms with Crippen LogP contribution < -0.4 is 5.32 Å². The molecule has 2 unspecified atom stereocenters. The molecule has 0 aromatic heterocycles. The number of aliphatic imine (C=N–C) groups is 1. The van der Waals surface area contributed by atoms with E-state index >= 15 is 0 Å². The molecule has 2 atom stereocenters. The smallest absolute Gasteiger partial charge is 0.194 e. The summed E-state index contributed by atoms with van der Waals surface area (Å²) in [5.74, 6) is 1.02. The molecule has 1 N–H and O–H groups in total. The van der Waals surface area contributed by atoms with E-state index in [1.165, 1.54) is 12.8 Å². The van der Waals surface area contributed by atoms with E-state index in [0.29, 0.717) is 0 Å². The highest BCUT2D eigenvalue weighted by Crippen LogP contribution is 2.26. The lowest BCUT2D eigenvalue weighted by atomic mass is 10.1. The zero-order chi connectivity index (χ0) is 18.2.